The van der Waals surface area contributed by atoms with Gasteiger partial charge < -0.3 is 10.4 Å². The van der Waals surface area contributed by atoms with Crippen molar-refractivity contribution in [1.29, 1.82) is 0 Å². The lowest BCUT2D eigenvalue weighted by Crippen LogP contribution is -2.54. The maximum atomic E-state index is 10.5. The molecule has 1 rings (SSSR count). The molecule has 1 fully saturated rings. The summed E-state index contributed by atoms with van der Waals surface area (Å²) in [6.07, 6.45) is 8.72. The number of nitrogens with zero attached hydrogens (tertiary/aromatic N) is 1. The predicted molar refractivity (Wildman–Crippen MR) is 87.0 cm³/mol. The van der Waals surface area contributed by atoms with Crippen molar-refractivity contribution in [1.82, 2.24) is 10.2 Å². The SMILES string of the molecule is C=CCC(O)(CC=C)CNCC(C)(C)N1CCCCC1. The maximum Gasteiger partial charge on any atom is 0.0839 e. The number of nitrogens with one attached hydrogen (secondary N) is 1. The van der Waals surface area contributed by atoms with E-state index in [1.165, 1.54) is 32.4 Å². The van der Waals surface area contributed by atoms with E-state index in [1.807, 2.05) is 0 Å². The normalized spacial score (nSPS) is 17.9. The van der Waals surface area contributed by atoms with Crippen molar-refractivity contribution in [2.75, 3.05) is 26.2 Å². The highest BCUT2D eigenvalue weighted by Crippen LogP contribution is 2.21. The third kappa shape index (κ3) is 5.39. The average Bonchev–Trinajstić information content (AvgIpc) is 2.40. The fourth-order valence-electron chi connectivity index (χ4n) is 2.98. The fourth-order valence-corrected chi connectivity index (χ4v) is 2.98. The Bertz CT molecular complexity index is 296. The molecular formula is C17H32N2O. The number of likely N-dealkylation sites (tertiary alicyclic amines) is 1. The molecule has 1 aliphatic heterocycles. The zero-order valence-corrected chi connectivity index (χ0v) is 13.3. The molecule has 0 atom stereocenters. The lowest BCUT2D eigenvalue weighted by molar-refractivity contribution is 0.0376. The molecule has 1 heterocycles. The first-order chi connectivity index (χ1) is 9.43. The highest BCUT2D eigenvalue weighted by atomic mass is 16.3. The molecule has 0 aromatic heterocycles. The third-order valence-electron chi connectivity index (χ3n) is 4.27. The van der Waals surface area contributed by atoms with Crippen LogP contribution in [0.1, 0.15) is 46.0 Å². The zero-order valence-electron chi connectivity index (χ0n) is 13.3. The van der Waals surface area contributed by atoms with Gasteiger partial charge in [-0.2, -0.15) is 0 Å². The zero-order chi connectivity index (χ0) is 15.1. The Hall–Kier alpha value is -0.640. The minimum absolute atomic E-state index is 0.143. The summed E-state index contributed by atoms with van der Waals surface area (Å²) >= 11 is 0. The van der Waals surface area contributed by atoms with Gasteiger partial charge in [-0.05, 0) is 52.6 Å². The van der Waals surface area contributed by atoms with E-state index < -0.39 is 5.60 Å². The number of aliphatic hydroxyl groups is 1. The molecule has 1 saturated heterocycles. The van der Waals surface area contributed by atoms with Crippen LogP contribution in [0.4, 0.5) is 0 Å². The summed E-state index contributed by atoms with van der Waals surface area (Å²) in [5.74, 6) is 0. The van der Waals surface area contributed by atoms with E-state index >= 15 is 0 Å². The maximum absolute atomic E-state index is 10.5. The fraction of sp³-hybridized carbons (Fsp3) is 0.765. The summed E-state index contributed by atoms with van der Waals surface area (Å²) in [5.41, 5.74) is -0.606. The first-order valence-electron chi connectivity index (χ1n) is 7.83. The summed E-state index contributed by atoms with van der Waals surface area (Å²) in [6.45, 7) is 15.9. The van der Waals surface area contributed by atoms with Crippen LogP contribution in [-0.4, -0.2) is 47.3 Å². The molecular weight excluding hydrogens is 248 g/mol. The minimum Gasteiger partial charge on any atom is -0.388 e. The van der Waals surface area contributed by atoms with Gasteiger partial charge in [-0.15, -0.1) is 13.2 Å². The third-order valence-corrected chi connectivity index (χ3v) is 4.27. The highest BCUT2D eigenvalue weighted by Gasteiger charge is 2.29. The second-order valence-electron chi connectivity index (χ2n) is 6.67. The second-order valence-corrected chi connectivity index (χ2v) is 6.67. The average molecular weight is 280 g/mol. The topological polar surface area (TPSA) is 35.5 Å². The quantitative estimate of drug-likeness (QED) is 0.638. The molecule has 0 amide bonds. The van der Waals surface area contributed by atoms with Gasteiger partial charge in [0, 0.05) is 18.6 Å². The smallest absolute Gasteiger partial charge is 0.0839 e. The van der Waals surface area contributed by atoms with Gasteiger partial charge in [-0.1, -0.05) is 18.6 Å². The molecule has 20 heavy (non-hydrogen) atoms. The number of piperidine rings is 1. The Kier molecular flexibility index (Phi) is 6.93. The minimum atomic E-state index is -0.749. The Morgan fingerprint density at radius 1 is 1.05 bits per heavy atom. The molecule has 0 aromatic carbocycles. The van der Waals surface area contributed by atoms with Gasteiger partial charge in [-0.25, -0.2) is 0 Å². The van der Waals surface area contributed by atoms with Crippen LogP contribution in [0.2, 0.25) is 0 Å². The summed E-state index contributed by atoms with van der Waals surface area (Å²) in [7, 11) is 0. The standard InChI is InChI=1S/C17H32N2O/c1-5-10-17(20,11-6-2)15-18-14-16(3,4)19-12-8-7-9-13-19/h5-6,18,20H,1-2,7-15H2,3-4H3. The monoisotopic (exact) mass is 280 g/mol. The van der Waals surface area contributed by atoms with Crippen LogP contribution < -0.4 is 5.32 Å². The molecule has 3 nitrogen and oxygen atoms in total. The molecule has 2 N–H and O–H groups in total. The molecule has 0 radical (unpaired) electrons. The second kappa shape index (κ2) is 7.96. The predicted octanol–water partition coefficient (Wildman–Crippen LogP) is 2.72. The molecule has 116 valence electrons. The highest BCUT2D eigenvalue weighted by molar-refractivity contribution is 4.95. The van der Waals surface area contributed by atoms with Crippen molar-refractivity contribution in [2.45, 2.75) is 57.1 Å². The van der Waals surface area contributed by atoms with Crippen LogP contribution in [0.5, 0.6) is 0 Å². The van der Waals surface area contributed by atoms with Crippen molar-refractivity contribution < 1.29 is 5.11 Å². The number of hydrogen-bond donors (Lipinski definition) is 2. The summed E-state index contributed by atoms with van der Waals surface area (Å²) < 4.78 is 0. The van der Waals surface area contributed by atoms with E-state index in [2.05, 4.69) is 37.2 Å². The first-order valence-corrected chi connectivity index (χ1v) is 7.83. The van der Waals surface area contributed by atoms with Gasteiger partial charge >= 0.3 is 0 Å². The molecule has 0 saturated carbocycles. The van der Waals surface area contributed by atoms with Crippen molar-refractivity contribution >= 4 is 0 Å². The number of hydrogen-bond acceptors (Lipinski definition) is 3. The van der Waals surface area contributed by atoms with Crippen molar-refractivity contribution in [2.24, 2.45) is 0 Å². The molecule has 0 aromatic rings. The Balaban J connectivity index is 2.43. The molecule has 0 bridgehead atoms. The molecule has 0 aliphatic carbocycles. The van der Waals surface area contributed by atoms with Gasteiger partial charge in [0.15, 0.2) is 0 Å². The Morgan fingerprint density at radius 2 is 1.60 bits per heavy atom. The van der Waals surface area contributed by atoms with Gasteiger partial charge in [-0.3, -0.25) is 4.90 Å². The van der Waals surface area contributed by atoms with Crippen LogP contribution in [0.15, 0.2) is 25.3 Å². The summed E-state index contributed by atoms with van der Waals surface area (Å²) in [6, 6.07) is 0. The Morgan fingerprint density at radius 3 is 2.10 bits per heavy atom. The van der Waals surface area contributed by atoms with E-state index in [0.29, 0.717) is 19.4 Å². The van der Waals surface area contributed by atoms with Gasteiger partial charge in [0.05, 0.1) is 5.60 Å². The van der Waals surface area contributed by atoms with Crippen molar-refractivity contribution in [3.05, 3.63) is 25.3 Å². The lowest BCUT2D eigenvalue weighted by Gasteiger charge is -2.41. The van der Waals surface area contributed by atoms with E-state index in [9.17, 15) is 5.11 Å². The van der Waals surface area contributed by atoms with E-state index in [-0.39, 0.29) is 5.54 Å². The lowest BCUT2D eigenvalue weighted by atomic mass is 9.94. The largest absolute Gasteiger partial charge is 0.388 e. The number of rotatable bonds is 9. The molecule has 0 spiro atoms. The Labute approximate surface area is 124 Å². The van der Waals surface area contributed by atoms with Crippen molar-refractivity contribution in [3.63, 3.8) is 0 Å². The van der Waals surface area contributed by atoms with Crippen LogP contribution >= 0.6 is 0 Å². The first kappa shape index (κ1) is 17.4. The van der Waals surface area contributed by atoms with E-state index in [4.69, 9.17) is 0 Å². The van der Waals surface area contributed by atoms with Crippen LogP contribution in [0.25, 0.3) is 0 Å². The van der Waals surface area contributed by atoms with Gasteiger partial charge in [0.2, 0.25) is 0 Å². The summed E-state index contributed by atoms with van der Waals surface area (Å²) in [5, 5.41) is 13.9. The van der Waals surface area contributed by atoms with Gasteiger partial charge in [0.25, 0.3) is 0 Å². The van der Waals surface area contributed by atoms with Crippen molar-refractivity contribution in [3.8, 4) is 0 Å². The summed E-state index contributed by atoms with van der Waals surface area (Å²) in [4.78, 5) is 2.56. The van der Waals surface area contributed by atoms with E-state index in [0.717, 1.165) is 6.54 Å². The van der Waals surface area contributed by atoms with Crippen LogP contribution in [0, 0.1) is 0 Å². The van der Waals surface area contributed by atoms with Crippen LogP contribution in [-0.2, 0) is 0 Å². The molecule has 3 heteroatoms. The molecule has 0 unspecified atom stereocenters. The van der Waals surface area contributed by atoms with Gasteiger partial charge in [0.1, 0.15) is 0 Å². The molecule has 1 aliphatic rings. The van der Waals surface area contributed by atoms with Crippen LogP contribution in [0.3, 0.4) is 0 Å². The van der Waals surface area contributed by atoms with E-state index in [1.54, 1.807) is 12.2 Å².